The van der Waals surface area contributed by atoms with E-state index in [1.54, 1.807) is 0 Å². The van der Waals surface area contributed by atoms with Gasteiger partial charge in [0, 0.05) is 55.8 Å². The summed E-state index contributed by atoms with van der Waals surface area (Å²) in [7, 11) is 0. The lowest BCUT2D eigenvalue weighted by Crippen LogP contribution is -2.51. The van der Waals surface area contributed by atoms with Crippen LogP contribution in [0.3, 0.4) is 0 Å². The van der Waals surface area contributed by atoms with Crippen LogP contribution in [-0.4, -0.2) is 56.4 Å². The van der Waals surface area contributed by atoms with Crippen molar-refractivity contribution in [2.75, 3.05) is 44.3 Å². The number of benzene rings is 1. The van der Waals surface area contributed by atoms with Crippen molar-refractivity contribution in [3.8, 4) is 0 Å². The first kappa shape index (κ1) is 18.6. The highest BCUT2D eigenvalue weighted by atomic mass is 16.5. The zero-order valence-electron chi connectivity index (χ0n) is 16.7. The largest absolute Gasteiger partial charge is 0.381 e. The van der Waals surface area contributed by atoms with Crippen LogP contribution in [0, 0.1) is 5.92 Å². The molecule has 3 aliphatic rings. The first-order valence-electron chi connectivity index (χ1n) is 10.6. The number of likely N-dealkylation sites (tertiary alicyclic amines) is 1. The molecule has 2 fully saturated rings. The number of hydrogen-bond acceptors (Lipinski definition) is 3. The van der Waals surface area contributed by atoms with Crippen LogP contribution in [0.4, 0.5) is 10.5 Å². The Balaban J connectivity index is 1.45. The summed E-state index contributed by atoms with van der Waals surface area (Å²) in [6, 6.07) is 9.27. The van der Waals surface area contributed by atoms with Crippen LogP contribution >= 0.6 is 0 Å². The Bertz CT molecular complexity index is 663. The number of hydrogen-bond donors (Lipinski definition) is 1. The van der Waals surface area contributed by atoms with Gasteiger partial charge in [-0.3, -0.25) is 0 Å². The Morgan fingerprint density at radius 3 is 2.81 bits per heavy atom. The Kier molecular flexibility index (Phi) is 5.31. The highest BCUT2D eigenvalue weighted by Gasteiger charge is 2.45. The number of para-hydroxylation sites is 1. The van der Waals surface area contributed by atoms with Crippen LogP contribution in [0.1, 0.15) is 45.1 Å². The fraction of sp³-hybridized carbons (Fsp3) is 0.682. The van der Waals surface area contributed by atoms with Gasteiger partial charge in [0.15, 0.2) is 0 Å². The van der Waals surface area contributed by atoms with Crippen LogP contribution in [0.25, 0.3) is 0 Å². The number of nitrogens with one attached hydrogen (secondary N) is 1. The molecule has 0 aliphatic carbocycles. The minimum absolute atomic E-state index is 0.102. The number of amides is 2. The summed E-state index contributed by atoms with van der Waals surface area (Å²) in [5.41, 5.74) is 3.09. The number of urea groups is 1. The second-order valence-electron chi connectivity index (χ2n) is 8.65. The van der Waals surface area contributed by atoms with Crippen LogP contribution in [-0.2, 0) is 10.2 Å². The van der Waals surface area contributed by atoms with Gasteiger partial charge in [-0.05, 0) is 44.2 Å². The van der Waals surface area contributed by atoms with Crippen LogP contribution in [0.5, 0.6) is 0 Å². The molecule has 2 atom stereocenters. The summed E-state index contributed by atoms with van der Waals surface area (Å²) < 4.78 is 5.60. The third kappa shape index (κ3) is 3.66. The molecular formula is C22H33N3O2. The molecule has 0 saturated carbocycles. The first-order valence-corrected chi connectivity index (χ1v) is 10.6. The molecule has 148 valence electrons. The molecule has 1 aromatic rings. The van der Waals surface area contributed by atoms with E-state index in [9.17, 15) is 4.79 Å². The van der Waals surface area contributed by atoms with Crippen molar-refractivity contribution in [3.63, 3.8) is 0 Å². The number of piperidine rings is 1. The van der Waals surface area contributed by atoms with E-state index in [0.717, 1.165) is 58.7 Å². The Labute approximate surface area is 163 Å². The van der Waals surface area contributed by atoms with E-state index in [1.807, 2.05) is 4.90 Å². The third-order valence-electron chi connectivity index (χ3n) is 6.80. The number of anilines is 1. The molecule has 1 aromatic carbocycles. The zero-order chi connectivity index (χ0) is 18.9. The van der Waals surface area contributed by atoms with Gasteiger partial charge in [0.25, 0.3) is 0 Å². The molecule has 5 heteroatoms. The summed E-state index contributed by atoms with van der Waals surface area (Å²) in [6.07, 6.45) is 4.25. The van der Waals surface area contributed by atoms with Crippen LogP contribution < -0.4 is 10.2 Å². The predicted molar refractivity (Wildman–Crippen MR) is 108 cm³/mol. The van der Waals surface area contributed by atoms with E-state index in [4.69, 9.17) is 4.74 Å². The first-order chi connectivity index (χ1) is 13.1. The van der Waals surface area contributed by atoms with Gasteiger partial charge in [-0.2, -0.15) is 0 Å². The summed E-state index contributed by atoms with van der Waals surface area (Å²) in [5, 5.41) is 3.12. The molecule has 4 rings (SSSR count). The zero-order valence-corrected chi connectivity index (χ0v) is 16.7. The topological polar surface area (TPSA) is 44.8 Å². The SMILES string of the molecule is CC[C@H](C)NC(=O)N1CCC2(CC1)CN(C[C@H]1CCOC1)c1ccccc12. The van der Waals surface area contributed by atoms with Crippen LogP contribution in [0.15, 0.2) is 24.3 Å². The number of fused-ring (bicyclic) bond motifs is 2. The van der Waals surface area contributed by atoms with Gasteiger partial charge in [-0.25, -0.2) is 4.79 Å². The van der Waals surface area contributed by atoms with Gasteiger partial charge in [0.1, 0.15) is 0 Å². The summed E-state index contributed by atoms with van der Waals surface area (Å²) in [6.45, 7) is 9.85. The molecule has 0 unspecified atom stereocenters. The maximum atomic E-state index is 12.5. The molecule has 0 radical (unpaired) electrons. The lowest BCUT2D eigenvalue weighted by Gasteiger charge is -2.40. The van der Waals surface area contributed by atoms with Gasteiger partial charge in [0.05, 0.1) is 6.61 Å². The fourth-order valence-corrected chi connectivity index (χ4v) is 4.90. The van der Waals surface area contributed by atoms with Crippen molar-refractivity contribution in [3.05, 3.63) is 29.8 Å². The maximum Gasteiger partial charge on any atom is 0.317 e. The number of carbonyl (C=O) groups is 1. The smallest absolute Gasteiger partial charge is 0.317 e. The second kappa shape index (κ2) is 7.70. The molecule has 1 spiro atoms. The number of nitrogens with zero attached hydrogens (tertiary/aromatic N) is 2. The lowest BCUT2D eigenvalue weighted by atomic mass is 9.74. The Morgan fingerprint density at radius 2 is 2.11 bits per heavy atom. The van der Waals surface area contributed by atoms with E-state index >= 15 is 0 Å². The van der Waals surface area contributed by atoms with Gasteiger partial charge in [-0.1, -0.05) is 25.1 Å². The quantitative estimate of drug-likeness (QED) is 0.882. The van der Waals surface area contributed by atoms with Crippen LogP contribution in [0.2, 0.25) is 0 Å². The molecule has 27 heavy (non-hydrogen) atoms. The Morgan fingerprint density at radius 1 is 1.33 bits per heavy atom. The van der Waals surface area contributed by atoms with E-state index in [0.29, 0.717) is 5.92 Å². The molecule has 0 bridgehead atoms. The van der Waals surface area contributed by atoms with Crippen molar-refractivity contribution in [1.29, 1.82) is 0 Å². The van der Waals surface area contributed by atoms with E-state index in [1.165, 1.54) is 17.7 Å². The maximum absolute atomic E-state index is 12.5. The van der Waals surface area contributed by atoms with E-state index in [2.05, 4.69) is 48.3 Å². The molecule has 3 heterocycles. The fourth-order valence-electron chi connectivity index (χ4n) is 4.90. The molecule has 1 N–H and O–H groups in total. The monoisotopic (exact) mass is 371 g/mol. The van der Waals surface area contributed by atoms with Crippen molar-refractivity contribution < 1.29 is 9.53 Å². The van der Waals surface area contributed by atoms with E-state index < -0.39 is 0 Å². The molecular weight excluding hydrogens is 338 g/mol. The van der Waals surface area contributed by atoms with E-state index in [-0.39, 0.29) is 17.5 Å². The minimum Gasteiger partial charge on any atom is -0.381 e. The third-order valence-corrected chi connectivity index (χ3v) is 6.80. The molecule has 5 nitrogen and oxygen atoms in total. The normalized spacial score (nSPS) is 24.9. The summed E-state index contributed by atoms with van der Waals surface area (Å²) in [4.78, 5) is 17.1. The highest BCUT2D eigenvalue weighted by molar-refractivity contribution is 5.75. The van der Waals surface area contributed by atoms with Gasteiger partial charge >= 0.3 is 6.03 Å². The number of ether oxygens (including phenoxy) is 1. The van der Waals surface area contributed by atoms with Gasteiger partial charge in [-0.15, -0.1) is 0 Å². The van der Waals surface area contributed by atoms with Crippen molar-refractivity contribution >= 4 is 11.7 Å². The molecule has 3 aliphatic heterocycles. The molecule has 0 aromatic heterocycles. The lowest BCUT2D eigenvalue weighted by molar-refractivity contribution is 0.158. The van der Waals surface area contributed by atoms with Gasteiger partial charge in [0.2, 0.25) is 0 Å². The minimum atomic E-state index is 0.102. The second-order valence-corrected chi connectivity index (χ2v) is 8.65. The average molecular weight is 372 g/mol. The predicted octanol–water partition coefficient (Wildman–Crippen LogP) is 3.38. The summed E-state index contributed by atoms with van der Waals surface area (Å²) >= 11 is 0. The van der Waals surface area contributed by atoms with Crippen molar-refractivity contribution in [2.45, 2.75) is 51.0 Å². The summed E-state index contributed by atoms with van der Waals surface area (Å²) in [5.74, 6) is 0.648. The highest BCUT2D eigenvalue weighted by Crippen LogP contribution is 2.47. The van der Waals surface area contributed by atoms with Crippen molar-refractivity contribution in [2.24, 2.45) is 5.92 Å². The standard InChI is InChI=1S/C22H33N3O2/c1-3-17(2)23-21(26)24-11-9-22(10-12-24)16-25(14-18-8-13-27-15-18)20-7-5-4-6-19(20)22/h4-7,17-18H,3,8-16H2,1-2H3,(H,23,26)/t17-,18+/m0/s1. The molecule has 2 amide bonds. The average Bonchev–Trinajstić information content (AvgIpc) is 3.30. The van der Waals surface area contributed by atoms with Gasteiger partial charge < -0.3 is 19.9 Å². The number of rotatable bonds is 4. The molecule has 2 saturated heterocycles. The Hall–Kier alpha value is -1.75. The van der Waals surface area contributed by atoms with Crippen molar-refractivity contribution in [1.82, 2.24) is 10.2 Å². The number of carbonyl (C=O) groups excluding carboxylic acids is 1.